The Labute approximate surface area is 170 Å². The fourth-order valence-corrected chi connectivity index (χ4v) is 3.43. The van der Waals surface area contributed by atoms with Crippen molar-refractivity contribution in [2.24, 2.45) is 0 Å². The molecule has 1 heterocycles. The number of hydrogen-bond donors (Lipinski definition) is 3. The van der Waals surface area contributed by atoms with E-state index in [9.17, 15) is 4.79 Å². The van der Waals surface area contributed by atoms with Crippen LogP contribution in [0.3, 0.4) is 0 Å². The Morgan fingerprint density at radius 3 is 2.86 bits per heavy atom. The molecule has 0 unspecified atom stereocenters. The lowest BCUT2D eigenvalue weighted by Gasteiger charge is -2.14. The summed E-state index contributed by atoms with van der Waals surface area (Å²) in [6, 6.07) is 7.65. The Morgan fingerprint density at radius 1 is 1.34 bits per heavy atom. The number of allylic oxidation sites excluding steroid dienone is 6. The number of rotatable bonds is 7. The van der Waals surface area contributed by atoms with E-state index in [1.54, 1.807) is 6.07 Å². The third kappa shape index (κ3) is 4.76. The molecule has 0 fully saturated rings. The Bertz CT molecular complexity index is 1020. The van der Waals surface area contributed by atoms with Crippen molar-refractivity contribution in [3.63, 3.8) is 0 Å². The van der Waals surface area contributed by atoms with Crippen molar-refractivity contribution >= 4 is 29.2 Å². The molecule has 0 spiro atoms. The van der Waals surface area contributed by atoms with Gasteiger partial charge in [0.15, 0.2) is 6.29 Å². The van der Waals surface area contributed by atoms with Crippen LogP contribution >= 0.6 is 0 Å². The first-order valence-corrected chi connectivity index (χ1v) is 9.57. The average Bonchev–Trinajstić information content (AvgIpc) is 2.89. The average molecular weight is 390 g/mol. The molecule has 1 aromatic heterocycles. The highest BCUT2D eigenvalue weighted by atomic mass is 16.5. The summed E-state index contributed by atoms with van der Waals surface area (Å²) in [5, 5.41) is 9.05. The minimum Gasteiger partial charge on any atom is -0.495 e. The molecule has 0 saturated heterocycles. The van der Waals surface area contributed by atoms with Gasteiger partial charge in [-0.1, -0.05) is 30.4 Å². The Kier molecular flexibility index (Phi) is 6.52. The standard InChI is InChI=1S/C24H26N2O3/c1-16-12-17(2)26-23(16)14-19(15-28)24-21(8-5-9-22(24)25)18-6-3-4-7-20(13-18)29-11-10-27/h3-6,8-9,12-15,26-27H,7,10-11,25H2,1-2H3/b19-14+. The normalized spacial score (nSPS) is 14.2. The number of nitrogens with two attached hydrogens (primary N) is 1. The van der Waals surface area contributed by atoms with Gasteiger partial charge in [-0.15, -0.1) is 0 Å². The zero-order valence-electron chi connectivity index (χ0n) is 16.7. The molecule has 4 N–H and O–H groups in total. The second kappa shape index (κ2) is 9.26. The lowest BCUT2D eigenvalue weighted by atomic mass is 9.92. The predicted molar refractivity (Wildman–Crippen MR) is 118 cm³/mol. The van der Waals surface area contributed by atoms with E-state index in [2.05, 4.69) is 4.98 Å². The van der Waals surface area contributed by atoms with Crippen molar-refractivity contribution in [1.29, 1.82) is 0 Å². The summed E-state index contributed by atoms with van der Waals surface area (Å²) in [7, 11) is 0. The lowest BCUT2D eigenvalue weighted by molar-refractivity contribution is -0.103. The van der Waals surface area contributed by atoms with Gasteiger partial charge in [0, 0.05) is 34.6 Å². The Hall–Kier alpha value is -3.31. The van der Waals surface area contributed by atoms with E-state index in [-0.39, 0.29) is 13.2 Å². The van der Waals surface area contributed by atoms with Gasteiger partial charge in [-0.05, 0) is 54.8 Å². The van der Waals surface area contributed by atoms with Crippen molar-refractivity contribution in [3.8, 4) is 0 Å². The van der Waals surface area contributed by atoms with Crippen LogP contribution in [0.15, 0.2) is 54.3 Å². The molecule has 1 aliphatic rings. The number of aldehydes is 1. The van der Waals surface area contributed by atoms with Crippen LogP contribution in [-0.2, 0) is 9.53 Å². The first kappa shape index (κ1) is 20.4. The molecule has 0 bridgehead atoms. The highest BCUT2D eigenvalue weighted by Gasteiger charge is 2.16. The van der Waals surface area contributed by atoms with Gasteiger partial charge >= 0.3 is 0 Å². The number of carbonyl (C=O) groups is 1. The number of aliphatic hydroxyl groups is 1. The fraction of sp³-hybridized carbons (Fsp3) is 0.208. The van der Waals surface area contributed by atoms with E-state index in [1.807, 2.05) is 62.4 Å². The number of ether oxygens (including phenoxy) is 1. The molecule has 150 valence electrons. The third-order valence-corrected chi connectivity index (χ3v) is 4.74. The van der Waals surface area contributed by atoms with Crippen LogP contribution in [-0.4, -0.2) is 29.6 Å². The first-order chi connectivity index (χ1) is 14.0. The zero-order chi connectivity index (χ0) is 20.8. The van der Waals surface area contributed by atoms with E-state index >= 15 is 0 Å². The first-order valence-electron chi connectivity index (χ1n) is 9.57. The number of anilines is 1. The summed E-state index contributed by atoms with van der Waals surface area (Å²) < 4.78 is 5.63. The molecule has 2 aromatic rings. The second-order valence-electron chi connectivity index (χ2n) is 6.97. The van der Waals surface area contributed by atoms with Gasteiger partial charge in [0.05, 0.1) is 6.61 Å². The van der Waals surface area contributed by atoms with Crippen LogP contribution in [0.1, 0.15) is 34.5 Å². The zero-order valence-corrected chi connectivity index (χ0v) is 16.7. The highest BCUT2D eigenvalue weighted by Crippen LogP contribution is 2.33. The van der Waals surface area contributed by atoms with Gasteiger partial charge < -0.3 is 20.6 Å². The fourth-order valence-electron chi connectivity index (χ4n) is 3.43. The summed E-state index contributed by atoms with van der Waals surface area (Å²) in [5.74, 6) is 0.750. The van der Waals surface area contributed by atoms with Crippen LogP contribution < -0.4 is 5.73 Å². The number of aryl methyl sites for hydroxylation is 2. The van der Waals surface area contributed by atoms with E-state index in [1.165, 1.54) is 0 Å². The molecule has 29 heavy (non-hydrogen) atoms. The Morgan fingerprint density at radius 2 is 2.17 bits per heavy atom. The smallest absolute Gasteiger partial charge is 0.150 e. The maximum atomic E-state index is 12.0. The SMILES string of the molecule is Cc1cc(C)c(/C=C(\C=O)c2c(N)cccc2C2=CC=CCC(OCCO)=C2)[nH]1. The van der Waals surface area contributed by atoms with Crippen LogP contribution in [0.4, 0.5) is 5.69 Å². The number of hydrogen-bond acceptors (Lipinski definition) is 4. The summed E-state index contributed by atoms with van der Waals surface area (Å²) in [6.07, 6.45) is 11.2. The third-order valence-electron chi connectivity index (χ3n) is 4.74. The molecule has 0 atom stereocenters. The number of carbonyl (C=O) groups excluding carboxylic acids is 1. The van der Waals surface area contributed by atoms with Gasteiger partial charge in [-0.3, -0.25) is 4.79 Å². The number of nitrogen functional groups attached to an aromatic ring is 1. The molecule has 3 rings (SSSR count). The van der Waals surface area contributed by atoms with E-state index in [4.69, 9.17) is 15.6 Å². The molecule has 0 saturated carbocycles. The topological polar surface area (TPSA) is 88.3 Å². The van der Waals surface area contributed by atoms with Crippen molar-refractivity contribution in [2.45, 2.75) is 20.3 Å². The van der Waals surface area contributed by atoms with Gasteiger partial charge in [-0.2, -0.15) is 0 Å². The molecular formula is C24H26N2O3. The van der Waals surface area contributed by atoms with Crippen molar-refractivity contribution in [1.82, 2.24) is 4.98 Å². The number of benzene rings is 1. The number of aromatic amines is 1. The molecule has 1 aromatic carbocycles. The van der Waals surface area contributed by atoms with E-state index in [0.717, 1.165) is 40.1 Å². The molecule has 0 radical (unpaired) electrons. The minimum absolute atomic E-state index is 0.0451. The van der Waals surface area contributed by atoms with Gasteiger partial charge in [0.25, 0.3) is 0 Å². The monoisotopic (exact) mass is 390 g/mol. The molecule has 5 nitrogen and oxygen atoms in total. The molecule has 0 amide bonds. The Balaban J connectivity index is 2.12. The molecule has 0 aliphatic heterocycles. The van der Waals surface area contributed by atoms with Crippen LogP contribution in [0.2, 0.25) is 0 Å². The van der Waals surface area contributed by atoms with Crippen molar-refractivity contribution in [2.75, 3.05) is 18.9 Å². The molecular weight excluding hydrogens is 364 g/mol. The molecule has 1 aliphatic carbocycles. The highest BCUT2D eigenvalue weighted by molar-refractivity contribution is 6.17. The summed E-state index contributed by atoms with van der Waals surface area (Å²) in [6.45, 7) is 4.17. The number of H-pyrrole nitrogens is 1. The van der Waals surface area contributed by atoms with Gasteiger partial charge in [0.1, 0.15) is 12.4 Å². The van der Waals surface area contributed by atoms with Gasteiger partial charge in [-0.25, -0.2) is 0 Å². The number of aliphatic hydroxyl groups excluding tert-OH is 1. The van der Waals surface area contributed by atoms with E-state index in [0.29, 0.717) is 23.2 Å². The molecule has 5 heteroatoms. The van der Waals surface area contributed by atoms with E-state index < -0.39 is 0 Å². The lowest BCUT2D eigenvalue weighted by Crippen LogP contribution is -2.02. The maximum Gasteiger partial charge on any atom is 0.150 e. The van der Waals surface area contributed by atoms with Crippen LogP contribution in [0.5, 0.6) is 0 Å². The predicted octanol–water partition coefficient (Wildman–Crippen LogP) is 4.19. The summed E-state index contributed by atoms with van der Waals surface area (Å²) in [5.41, 5.74) is 12.8. The van der Waals surface area contributed by atoms with Crippen molar-refractivity contribution in [3.05, 3.63) is 82.4 Å². The quantitative estimate of drug-likeness (QED) is 0.376. The van der Waals surface area contributed by atoms with Gasteiger partial charge in [0.2, 0.25) is 0 Å². The number of nitrogens with one attached hydrogen (secondary N) is 1. The maximum absolute atomic E-state index is 12.0. The second-order valence-corrected chi connectivity index (χ2v) is 6.97. The summed E-state index contributed by atoms with van der Waals surface area (Å²) in [4.78, 5) is 15.3. The number of aromatic nitrogens is 1. The summed E-state index contributed by atoms with van der Waals surface area (Å²) >= 11 is 0. The van der Waals surface area contributed by atoms with Crippen LogP contribution in [0.25, 0.3) is 17.2 Å². The largest absolute Gasteiger partial charge is 0.495 e. The van der Waals surface area contributed by atoms with Crippen molar-refractivity contribution < 1.29 is 14.6 Å². The minimum atomic E-state index is -0.0451. The van der Waals surface area contributed by atoms with Crippen LogP contribution in [0, 0.1) is 13.8 Å².